The number of rotatable bonds is 7. The van der Waals surface area contributed by atoms with Crippen LogP contribution in [0, 0.1) is 5.82 Å². The van der Waals surface area contributed by atoms with Crippen molar-refractivity contribution in [2.24, 2.45) is 0 Å². The highest BCUT2D eigenvalue weighted by Crippen LogP contribution is 2.26. The highest BCUT2D eigenvalue weighted by Gasteiger charge is 2.16. The monoisotopic (exact) mass is 434 g/mol. The fourth-order valence-corrected chi connectivity index (χ4v) is 3.57. The van der Waals surface area contributed by atoms with Crippen LogP contribution in [-0.2, 0) is 12.8 Å². The van der Waals surface area contributed by atoms with E-state index in [4.69, 9.17) is 9.47 Å². The Morgan fingerprint density at radius 2 is 1.84 bits per heavy atom. The normalized spacial score (nSPS) is 11.9. The van der Waals surface area contributed by atoms with Crippen LogP contribution in [0.1, 0.15) is 31.8 Å². The first kappa shape index (κ1) is 21.4. The van der Waals surface area contributed by atoms with Crippen LogP contribution in [0.25, 0.3) is 0 Å². The molecule has 7 heteroatoms. The van der Waals surface area contributed by atoms with Gasteiger partial charge >= 0.3 is 0 Å². The summed E-state index contributed by atoms with van der Waals surface area (Å²) in [6.07, 6.45) is 1.54. The Balaban J connectivity index is 1.41. The van der Waals surface area contributed by atoms with Crippen LogP contribution in [0.2, 0.25) is 0 Å². The number of carbonyl (C=O) groups excluding carboxylic acids is 2. The smallest absolute Gasteiger partial charge is 0.255 e. The van der Waals surface area contributed by atoms with Gasteiger partial charge in [-0.25, -0.2) is 4.39 Å². The zero-order valence-corrected chi connectivity index (χ0v) is 17.6. The maximum absolute atomic E-state index is 13.8. The molecule has 2 amide bonds. The second-order valence-electron chi connectivity index (χ2n) is 7.42. The molecular weight excluding hydrogens is 411 g/mol. The van der Waals surface area contributed by atoms with E-state index in [-0.39, 0.29) is 17.2 Å². The number of ether oxygens (including phenoxy) is 2. The molecule has 0 saturated heterocycles. The topological polar surface area (TPSA) is 76.7 Å². The van der Waals surface area contributed by atoms with Crippen molar-refractivity contribution in [2.45, 2.75) is 12.8 Å². The van der Waals surface area contributed by atoms with Crippen molar-refractivity contribution in [3.05, 3.63) is 88.7 Å². The number of anilines is 1. The van der Waals surface area contributed by atoms with E-state index in [2.05, 4.69) is 16.7 Å². The van der Waals surface area contributed by atoms with Gasteiger partial charge in [0.1, 0.15) is 17.3 Å². The fraction of sp³-hybridized carbons (Fsp3) is 0.200. The molecule has 2 N–H and O–H groups in total. The van der Waals surface area contributed by atoms with Crippen molar-refractivity contribution in [3.8, 4) is 11.5 Å². The quantitative estimate of drug-likeness (QED) is 0.590. The molecule has 1 heterocycles. The molecule has 0 fully saturated rings. The lowest BCUT2D eigenvalue weighted by atomic mass is 10.1. The van der Waals surface area contributed by atoms with Gasteiger partial charge in [0.15, 0.2) is 0 Å². The third kappa shape index (κ3) is 4.88. The van der Waals surface area contributed by atoms with Crippen LogP contribution >= 0.6 is 0 Å². The molecule has 0 radical (unpaired) electrons. The second kappa shape index (κ2) is 9.51. The van der Waals surface area contributed by atoms with E-state index < -0.39 is 11.7 Å². The molecule has 3 aromatic rings. The van der Waals surface area contributed by atoms with Crippen LogP contribution < -0.4 is 20.1 Å². The van der Waals surface area contributed by atoms with Gasteiger partial charge in [-0.2, -0.15) is 0 Å². The lowest BCUT2D eigenvalue weighted by Crippen LogP contribution is -2.27. The van der Waals surface area contributed by atoms with E-state index in [1.54, 1.807) is 24.3 Å². The zero-order valence-electron chi connectivity index (χ0n) is 17.6. The lowest BCUT2D eigenvalue weighted by Gasteiger charge is -2.12. The van der Waals surface area contributed by atoms with Gasteiger partial charge in [-0.15, -0.1) is 0 Å². The maximum Gasteiger partial charge on any atom is 0.255 e. The summed E-state index contributed by atoms with van der Waals surface area (Å²) in [6, 6.07) is 16.2. The number of halogens is 1. The molecule has 0 bridgehead atoms. The molecule has 0 aliphatic carbocycles. The number of carbonyl (C=O) groups is 2. The summed E-state index contributed by atoms with van der Waals surface area (Å²) in [7, 11) is 1.53. The van der Waals surface area contributed by atoms with Gasteiger partial charge in [0.25, 0.3) is 11.8 Å². The van der Waals surface area contributed by atoms with Crippen LogP contribution in [0.4, 0.5) is 10.1 Å². The van der Waals surface area contributed by atoms with E-state index in [1.807, 2.05) is 12.1 Å². The van der Waals surface area contributed by atoms with Crippen LogP contribution in [0.5, 0.6) is 11.5 Å². The van der Waals surface area contributed by atoms with Gasteiger partial charge in [-0.1, -0.05) is 12.1 Å². The van der Waals surface area contributed by atoms with E-state index in [0.29, 0.717) is 30.9 Å². The van der Waals surface area contributed by atoms with E-state index in [1.165, 1.54) is 24.8 Å². The average Bonchev–Trinajstić information content (AvgIpc) is 3.27. The lowest BCUT2D eigenvalue weighted by molar-refractivity contribution is 0.0955. The van der Waals surface area contributed by atoms with Crippen molar-refractivity contribution in [1.29, 1.82) is 0 Å². The molecule has 1 aliphatic rings. The Kier molecular flexibility index (Phi) is 6.35. The van der Waals surface area contributed by atoms with Gasteiger partial charge in [0.05, 0.1) is 25.0 Å². The van der Waals surface area contributed by atoms with Crippen molar-refractivity contribution in [3.63, 3.8) is 0 Å². The largest absolute Gasteiger partial charge is 0.497 e. The van der Waals surface area contributed by atoms with Crippen molar-refractivity contribution < 1.29 is 23.5 Å². The predicted molar refractivity (Wildman–Crippen MR) is 119 cm³/mol. The number of fused-ring (bicyclic) bond motifs is 1. The number of nitrogens with one attached hydrogen (secondary N) is 2. The number of benzene rings is 3. The standard InChI is InChI=1S/C25H23FN2O4/c1-31-20-6-3-17(4-7-20)24(29)28-22-15-19(26)5-8-21(22)25(30)27-12-10-16-2-9-23-18(14-16)11-13-32-23/h2-9,14-15H,10-13H2,1H3,(H,27,30)(H,28,29). The Hall–Kier alpha value is -3.87. The summed E-state index contributed by atoms with van der Waals surface area (Å²) in [5.41, 5.74) is 2.94. The Morgan fingerprint density at radius 1 is 1.03 bits per heavy atom. The highest BCUT2D eigenvalue weighted by molar-refractivity contribution is 6.09. The molecule has 0 spiro atoms. The van der Waals surface area contributed by atoms with E-state index >= 15 is 0 Å². The van der Waals surface area contributed by atoms with Crippen molar-refractivity contribution >= 4 is 17.5 Å². The zero-order chi connectivity index (χ0) is 22.5. The molecule has 0 aromatic heterocycles. The summed E-state index contributed by atoms with van der Waals surface area (Å²) in [4.78, 5) is 25.3. The molecule has 3 aromatic carbocycles. The van der Waals surface area contributed by atoms with Crippen LogP contribution in [-0.4, -0.2) is 32.1 Å². The molecule has 32 heavy (non-hydrogen) atoms. The Bertz CT molecular complexity index is 1150. The second-order valence-corrected chi connectivity index (χ2v) is 7.42. The predicted octanol–water partition coefficient (Wildman–Crippen LogP) is 3.99. The van der Waals surface area contributed by atoms with Gasteiger partial charge in [-0.3, -0.25) is 9.59 Å². The van der Waals surface area contributed by atoms with E-state index in [9.17, 15) is 14.0 Å². The van der Waals surface area contributed by atoms with Crippen LogP contribution in [0.3, 0.4) is 0 Å². The number of hydrogen-bond acceptors (Lipinski definition) is 4. The summed E-state index contributed by atoms with van der Waals surface area (Å²) in [5, 5.41) is 5.47. The molecule has 0 atom stereocenters. The minimum atomic E-state index is -0.549. The first-order valence-electron chi connectivity index (χ1n) is 10.3. The summed E-state index contributed by atoms with van der Waals surface area (Å²) in [6.45, 7) is 1.10. The maximum atomic E-state index is 13.8. The minimum Gasteiger partial charge on any atom is -0.497 e. The number of hydrogen-bond donors (Lipinski definition) is 2. The Morgan fingerprint density at radius 3 is 2.62 bits per heavy atom. The van der Waals surface area contributed by atoms with Gasteiger partial charge in [0.2, 0.25) is 0 Å². The SMILES string of the molecule is COc1ccc(C(=O)Nc2cc(F)ccc2C(=O)NCCc2ccc3c(c2)CCO3)cc1. The number of methoxy groups -OCH3 is 1. The van der Waals surface area contributed by atoms with Gasteiger partial charge < -0.3 is 20.1 Å². The summed E-state index contributed by atoms with van der Waals surface area (Å²) < 4.78 is 24.4. The molecular formula is C25H23FN2O4. The first-order chi connectivity index (χ1) is 15.5. The average molecular weight is 434 g/mol. The van der Waals surface area contributed by atoms with Gasteiger partial charge in [0, 0.05) is 18.5 Å². The van der Waals surface area contributed by atoms with Crippen LogP contribution in [0.15, 0.2) is 60.7 Å². The molecule has 0 saturated carbocycles. The summed E-state index contributed by atoms with van der Waals surface area (Å²) in [5.74, 6) is 0.142. The van der Waals surface area contributed by atoms with Gasteiger partial charge in [-0.05, 0) is 66.1 Å². The molecule has 4 rings (SSSR count). The molecule has 164 valence electrons. The molecule has 1 aliphatic heterocycles. The van der Waals surface area contributed by atoms with Crippen molar-refractivity contribution in [1.82, 2.24) is 5.32 Å². The third-order valence-corrected chi connectivity index (χ3v) is 5.28. The fourth-order valence-electron chi connectivity index (χ4n) is 3.57. The van der Waals surface area contributed by atoms with Crippen molar-refractivity contribution in [2.75, 3.05) is 25.6 Å². The number of amides is 2. The minimum absolute atomic E-state index is 0.109. The molecule has 0 unspecified atom stereocenters. The first-order valence-corrected chi connectivity index (χ1v) is 10.3. The van der Waals surface area contributed by atoms with E-state index in [0.717, 1.165) is 23.8 Å². The third-order valence-electron chi connectivity index (χ3n) is 5.28. The Labute approximate surface area is 185 Å². The highest BCUT2D eigenvalue weighted by atomic mass is 19.1. The molecule has 6 nitrogen and oxygen atoms in total. The summed E-state index contributed by atoms with van der Waals surface area (Å²) >= 11 is 0.